The zero-order valence-corrected chi connectivity index (χ0v) is 17.7. The zero-order valence-electron chi connectivity index (χ0n) is 17.7. The number of H-pyrrole nitrogens is 1. The van der Waals surface area contributed by atoms with Crippen LogP contribution in [0.2, 0.25) is 0 Å². The maximum atomic E-state index is 12.6. The van der Waals surface area contributed by atoms with Crippen molar-refractivity contribution in [1.82, 2.24) is 15.5 Å². The number of nitrogens with zero attached hydrogens (tertiary/aromatic N) is 1. The van der Waals surface area contributed by atoms with Gasteiger partial charge in [-0.1, -0.05) is 50.2 Å². The molecule has 1 unspecified atom stereocenters. The summed E-state index contributed by atoms with van der Waals surface area (Å²) in [5.41, 5.74) is 10.2. The lowest BCUT2D eigenvalue weighted by molar-refractivity contribution is -0.138. The molecule has 2 atom stereocenters. The first-order chi connectivity index (χ1) is 14.8. The van der Waals surface area contributed by atoms with E-state index in [0.29, 0.717) is 18.0 Å². The van der Waals surface area contributed by atoms with Crippen molar-refractivity contribution in [2.45, 2.75) is 32.2 Å². The molecule has 0 aliphatic rings. The van der Waals surface area contributed by atoms with E-state index in [1.54, 1.807) is 30.5 Å². The zero-order chi connectivity index (χ0) is 22.4. The fraction of sp³-hybridized carbons (Fsp3) is 0.292. The lowest BCUT2D eigenvalue weighted by Crippen LogP contribution is -2.32. The van der Waals surface area contributed by atoms with E-state index in [9.17, 15) is 9.59 Å². The lowest BCUT2D eigenvalue weighted by atomic mass is 9.87. The number of amides is 1. The van der Waals surface area contributed by atoms with Crippen LogP contribution in [0.15, 0.2) is 60.9 Å². The molecule has 162 valence electrons. The number of hydrogen-bond donors (Lipinski definition) is 4. The van der Waals surface area contributed by atoms with Crippen molar-refractivity contribution < 1.29 is 14.7 Å². The van der Waals surface area contributed by atoms with Crippen LogP contribution in [0.1, 0.15) is 41.3 Å². The highest BCUT2D eigenvalue weighted by molar-refractivity contribution is 5.94. The van der Waals surface area contributed by atoms with Gasteiger partial charge in [-0.05, 0) is 41.2 Å². The summed E-state index contributed by atoms with van der Waals surface area (Å²) in [4.78, 5) is 23.5. The van der Waals surface area contributed by atoms with Gasteiger partial charge in [-0.25, -0.2) is 0 Å². The number of rotatable bonds is 9. The predicted molar refractivity (Wildman–Crippen MR) is 120 cm³/mol. The van der Waals surface area contributed by atoms with Crippen LogP contribution in [0.3, 0.4) is 0 Å². The van der Waals surface area contributed by atoms with E-state index in [0.717, 1.165) is 16.7 Å². The Morgan fingerprint density at radius 2 is 1.74 bits per heavy atom. The summed E-state index contributed by atoms with van der Waals surface area (Å²) in [6, 6.07) is 14.3. The molecule has 1 amide bonds. The van der Waals surface area contributed by atoms with Crippen molar-refractivity contribution in [1.29, 1.82) is 0 Å². The molecule has 0 aliphatic carbocycles. The summed E-state index contributed by atoms with van der Waals surface area (Å²) in [6.07, 6.45) is 3.87. The number of carboxylic acids is 1. The average Bonchev–Trinajstić information content (AvgIpc) is 3.29. The number of aromatic nitrogens is 2. The second-order valence-electron chi connectivity index (χ2n) is 8.02. The minimum absolute atomic E-state index is 0.158. The van der Waals surface area contributed by atoms with E-state index in [4.69, 9.17) is 10.8 Å². The number of nitrogens with one attached hydrogen (secondary N) is 2. The Balaban J connectivity index is 1.62. The highest BCUT2D eigenvalue weighted by Gasteiger charge is 2.18. The number of nitrogens with two attached hydrogens (primary N) is 1. The second kappa shape index (κ2) is 10.0. The summed E-state index contributed by atoms with van der Waals surface area (Å²) in [7, 11) is 0. The summed E-state index contributed by atoms with van der Waals surface area (Å²) in [5, 5.41) is 18.7. The molecular formula is C24H28N4O3. The molecule has 31 heavy (non-hydrogen) atoms. The number of benzene rings is 2. The van der Waals surface area contributed by atoms with Crippen LogP contribution >= 0.6 is 0 Å². The average molecular weight is 421 g/mol. The molecule has 1 aromatic heterocycles. The number of carbonyl (C=O) groups is 2. The molecule has 5 N–H and O–H groups in total. The van der Waals surface area contributed by atoms with Crippen molar-refractivity contribution in [3.05, 3.63) is 77.6 Å². The molecule has 0 radical (unpaired) electrons. The van der Waals surface area contributed by atoms with E-state index in [2.05, 4.69) is 53.6 Å². The first-order valence-electron chi connectivity index (χ1n) is 10.3. The number of hydrogen-bond acceptors (Lipinski definition) is 4. The fourth-order valence-corrected chi connectivity index (χ4v) is 3.51. The third-order valence-corrected chi connectivity index (χ3v) is 5.45. The van der Waals surface area contributed by atoms with Crippen molar-refractivity contribution in [3.63, 3.8) is 0 Å². The van der Waals surface area contributed by atoms with Crippen molar-refractivity contribution in [2.24, 2.45) is 11.7 Å². The molecule has 0 aliphatic heterocycles. The van der Waals surface area contributed by atoms with Gasteiger partial charge in [0, 0.05) is 29.8 Å². The third-order valence-electron chi connectivity index (χ3n) is 5.45. The monoisotopic (exact) mass is 420 g/mol. The Kier molecular flexibility index (Phi) is 7.20. The van der Waals surface area contributed by atoms with Gasteiger partial charge in [-0.3, -0.25) is 14.7 Å². The Morgan fingerprint density at radius 1 is 1.06 bits per heavy atom. The molecule has 3 aromatic rings. The first-order valence-corrected chi connectivity index (χ1v) is 10.3. The number of aliphatic carboxylic acids is 1. The van der Waals surface area contributed by atoms with Gasteiger partial charge in [0.05, 0.1) is 6.20 Å². The van der Waals surface area contributed by atoms with E-state index in [-0.39, 0.29) is 18.2 Å². The molecule has 7 heteroatoms. The van der Waals surface area contributed by atoms with Gasteiger partial charge in [0.2, 0.25) is 0 Å². The van der Waals surface area contributed by atoms with Gasteiger partial charge >= 0.3 is 5.97 Å². The normalized spacial score (nSPS) is 13.0. The minimum Gasteiger partial charge on any atom is -0.480 e. The summed E-state index contributed by atoms with van der Waals surface area (Å²) in [5.74, 6) is -0.677. The number of aromatic amines is 1. The Hall–Kier alpha value is -3.45. The highest BCUT2D eigenvalue weighted by atomic mass is 16.4. The van der Waals surface area contributed by atoms with E-state index < -0.39 is 12.0 Å². The molecule has 0 spiro atoms. The van der Waals surface area contributed by atoms with Crippen LogP contribution < -0.4 is 11.1 Å². The quantitative estimate of drug-likeness (QED) is 0.424. The third kappa shape index (κ3) is 5.79. The van der Waals surface area contributed by atoms with Gasteiger partial charge in [-0.2, -0.15) is 5.10 Å². The van der Waals surface area contributed by atoms with E-state index in [1.165, 1.54) is 5.56 Å². The molecule has 0 bridgehead atoms. The van der Waals surface area contributed by atoms with Crippen LogP contribution in [-0.2, 0) is 11.2 Å². The standard InChI is InChI=1S/C24H28N4O3/c1-15(2)21(18-9-7-17(8-10-18)20-12-27-28-13-20)14-26-23(29)19-5-3-16(4-6-19)11-22(25)24(30)31/h3-10,12-13,15,21-22H,11,14,25H2,1-2H3,(H,26,29)(H,27,28)(H,30,31)/t21-,22?/m1/s1. The van der Waals surface area contributed by atoms with Crippen LogP contribution in [0.25, 0.3) is 11.1 Å². The summed E-state index contributed by atoms with van der Waals surface area (Å²) in [6.45, 7) is 4.80. The summed E-state index contributed by atoms with van der Waals surface area (Å²) < 4.78 is 0. The molecule has 3 rings (SSSR count). The van der Waals surface area contributed by atoms with Crippen LogP contribution in [0.5, 0.6) is 0 Å². The van der Waals surface area contributed by atoms with Gasteiger partial charge in [0.1, 0.15) is 6.04 Å². The van der Waals surface area contributed by atoms with E-state index in [1.807, 2.05) is 6.20 Å². The van der Waals surface area contributed by atoms with Gasteiger partial charge in [0.15, 0.2) is 0 Å². The Morgan fingerprint density at radius 3 is 2.29 bits per heavy atom. The maximum absolute atomic E-state index is 12.6. The second-order valence-corrected chi connectivity index (χ2v) is 8.02. The number of carbonyl (C=O) groups excluding carboxylic acids is 1. The fourth-order valence-electron chi connectivity index (χ4n) is 3.51. The van der Waals surface area contributed by atoms with Gasteiger partial charge in [0.25, 0.3) is 5.91 Å². The van der Waals surface area contributed by atoms with Crippen LogP contribution in [0, 0.1) is 5.92 Å². The van der Waals surface area contributed by atoms with Crippen LogP contribution in [-0.4, -0.2) is 39.8 Å². The maximum Gasteiger partial charge on any atom is 0.320 e. The van der Waals surface area contributed by atoms with Crippen LogP contribution in [0.4, 0.5) is 0 Å². The molecule has 0 saturated heterocycles. The van der Waals surface area contributed by atoms with Crippen molar-refractivity contribution in [2.75, 3.05) is 6.54 Å². The number of carboxylic acid groups (broad SMARTS) is 1. The molecule has 2 aromatic carbocycles. The SMILES string of the molecule is CC(C)[C@@H](CNC(=O)c1ccc(CC(N)C(=O)O)cc1)c1ccc(-c2cn[nH]c2)cc1. The smallest absolute Gasteiger partial charge is 0.320 e. The molecule has 0 saturated carbocycles. The molecular weight excluding hydrogens is 392 g/mol. The lowest BCUT2D eigenvalue weighted by Gasteiger charge is -2.22. The predicted octanol–water partition coefficient (Wildman–Crippen LogP) is 3.20. The van der Waals surface area contributed by atoms with Gasteiger partial charge < -0.3 is 16.2 Å². The topological polar surface area (TPSA) is 121 Å². The highest BCUT2D eigenvalue weighted by Crippen LogP contribution is 2.26. The molecule has 1 heterocycles. The molecule has 7 nitrogen and oxygen atoms in total. The van der Waals surface area contributed by atoms with E-state index >= 15 is 0 Å². The minimum atomic E-state index is -1.04. The van der Waals surface area contributed by atoms with Crippen molar-refractivity contribution >= 4 is 11.9 Å². The summed E-state index contributed by atoms with van der Waals surface area (Å²) >= 11 is 0. The Labute approximate surface area is 181 Å². The first kappa shape index (κ1) is 22.2. The Bertz CT molecular complexity index is 996. The van der Waals surface area contributed by atoms with Crippen molar-refractivity contribution in [3.8, 4) is 11.1 Å². The molecule has 0 fully saturated rings. The van der Waals surface area contributed by atoms with Gasteiger partial charge in [-0.15, -0.1) is 0 Å². The largest absolute Gasteiger partial charge is 0.480 e.